The quantitative estimate of drug-likeness (QED) is 0.658. The van der Waals surface area contributed by atoms with Crippen LogP contribution < -0.4 is 10.2 Å². The molecule has 5 rings (SSSR count). The molecule has 3 aromatic rings. The zero-order valence-electron chi connectivity index (χ0n) is 17.1. The van der Waals surface area contributed by atoms with Crippen LogP contribution >= 0.6 is 0 Å². The Kier molecular flexibility index (Phi) is 5.07. The van der Waals surface area contributed by atoms with Gasteiger partial charge in [-0.1, -0.05) is 18.2 Å². The third-order valence-electron chi connectivity index (χ3n) is 6.04. The van der Waals surface area contributed by atoms with E-state index in [9.17, 15) is 18.0 Å². The minimum atomic E-state index is -4.50. The molecule has 2 atom stereocenters. The molecule has 32 heavy (non-hydrogen) atoms. The van der Waals surface area contributed by atoms with E-state index in [4.69, 9.17) is 4.42 Å². The van der Waals surface area contributed by atoms with Crippen molar-refractivity contribution in [2.75, 3.05) is 36.4 Å². The number of aromatic nitrogens is 2. The zero-order valence-corrected chi connectivity index (χ0v) is 17.1. The smallest absolute Gasteiger partial charge is 0.410 e. The minimum absolute atomic E-state index is 0.0791. The van der Waals surface area contributed by atoms with E-state index in [1.807, 2.05) is 30.3 Å². The van der Waals surface area contributed by atoms with Crippen molar-refractivity contribution in [2.45, 2.75) is 24.7 Å². The van der Waals surface area contributed by atoms with Crippen LogP contribution in [0, 0.1) is 0 Å². The van der Waals surface area contributed by atoms with Crippen LogP contribution in [0.4, 0.5) is 24.7 Å². The maximum atomic E-state index is 13.8. The van der Waals surface area contributed by atoms with E-state index < -0.39 is 18.3 Å². The summed E-state index contributed by atoms with van der Waals surface area (Å²) in [5, 5.41) is 7.00. The SMILES string of the molecule is O=C(c1cnn2c1N[C@H](c1ccco1)C[C@H]2C(F)(F)F)N1CCN(c2ccccc2)CC1. The number of benzene rings is 1. The van der Waals surface area contributed by atoms with Crippen molar-refractivity contribution in [1.82, 2.24) is 14.7 Å². The van der Waals surface area contributed by atoms with Crippen molar-refractivity contribution in [3.05, 3.63) is 66.2 Å². The van der Waals surface area contributed by atoms with Gasteiger partial charge < -0.3 is 19.5 Å². The summed E-state index contributed by atoms with van der Waals surface area (Å²) in [4.78, 5) is 17.1. The summed E-state index contributed by atoms with van der Waals surface area (Å²) in [5.41, 5.74) is 1.22. The molecule has 0 bridgehead atoms. The van der Waals surface area contributed by atoms with E-state index in [0.29, 0.717) is 31.9 Å². The molecule has 1 aromatic carbocycles. The summed E-state index contributed by atoms with van der Waals surface area (Å²) in [6.07, 6.45) is -2.12. The van der Waals surface area contributed by atoms with Gasteiger partial charge in [-0.05, 0) is 24.3 Å². The Labute approximate surface area is 182 Å². The average molecular weight is 445 g/mol. The van der Waals surface area contributed by atoms with Gasteiger partial charge in [0.2, 0.25) is 0 Å². The number of nitrogens with zero attached hydrogens (tertiary/aromatic N) is 4. The predicted molar refractivity (Wildman–Crippen MR) is 112 cm³/mol. The second-order valence-corrected chi connectivity index (χ2v) is 7.97. The standard InChI is InChI=1S/C22H22F3N5O2/c23-22(24,25)19-13-17(18-7-4-12-32-18)27-20-16(14-26-30(19)20)21(31)29-10-8-28(9-11-29)15-5-2-1-3-6-15/h1-7,12,14,17,19,27H,8-11,13H2/t17-,19-/m0/s1. The van der Waals surface area contributed by atoms with E-state index in [2.05, 4.69) is 15.3 Å². The molecular weight excluding hydrogens is 423 g/mol. The van der Waals surface area contributed by atoms with Crippen molar-refractivity contribution >= 4 is 17.4 Å². The maximum absolute atomic E-state index is 13.8. The molecular formula is C22H22F3N5O2. The number of hydrogen-bond donors (Lipinski definition) is 1. The molecule has 7 nitrogen and oxygen atoms in total. The van der Waals surface area contributed by atoms with E-state index in [-0.39, 0.29) is 23.7 Å². The number of carbonyl (C=O) groups excluding carboxylic acids is 1. The molecule has 0 aliphatic carbocycles. The number of alkyl halides is 3. The molecule has 1 saturated heterocycles. The molecule has 0 radical (unpaired) electrons. The monoisotopic (exact) mass is 445 g/mol. The fourth-order valence-electron chi connectivity index (χ4n) is 4.37. The van der Waals surface area contributed by atoms with Gasteiger partial charge in [-0.25, -0.2) is 4.68 Å². The third-order valence-corrected chi connectivity index (χ3v) is 6.04. The van der Waals surface area contributed by atoms with Crippen molar-refractivity contribution in [2.24, 2.45) is 0 Å². The summed E-state index contributed by atoms with van der Waals surface area (Å²) in [6.45, 7) is 2.24. The summed E-state index contributed by atoms with van der Waals surface area (Å²) in [6, 6.07) is 10.6. The molecule has 10 heteroatoms. The number of piperazine rings is 1. The van der Waals surface area contributed by atoms with Gasteiger partial charge in [-0.15, -0.1) is 0 Å². The van der Waals surface area contributed by atoms with Crippen LogP contribution in [0.3, 0.4) is 0 Å². The fraction of sp³-hybridized carbons (Fsp3) is 0.364. The largest absolute Gasteiger partial charge is 0.467 e. The summed E-state index contributed by atoms with van der Waals surface area (Å²) in [5.74, 6) is 0.143. The number of para-hydroxylation sites is 1. The van der Waals surface area contributed by atoms with Crippen LogP contribution in [0.2, 0.25) is 0 Å². The lowest BCUT2D eigenvalue weighted by Gasteiger charge is -2.36. The Hall–Kier alpha value is -3.43. The highest BCUT2D eigenvalue weighted by Gasteiger charge is 2.48. The number of carbonyl (C=O) groups is 1. The Morgan fingerprint density at radius 3 is 2.47 bits per heavy atom. The molecule has 2 aliphatic rings. The maximum Gasteiger partial charge on any atom is 0.410 e. The topological polar surface area (TPSA) is 66.5 Å². The summed E-state index contributed by atoms with van der Waals surface area (Å²) in [7, 11) is 0. The number of furan rings is 1. The highest BCUT2D eigenvalue weighted by Crippen LogP contribution is 2.44. The van der Waals surface area contributed by atoms with Gasteiger partial charge in [-0.2, -0.15) is 18.3 Å². The molecule has 0 unspecified atom stereocenters. The van der Waals surface area contributed by atoms with Crippen molar-refractivity contribution in [1.29, 1.82) is 0 Å². The van der Waals surface area contributed by atoms with Crippen molar-refractivity contribution < 1.29 is 22.4 Å². The highest BCUT2D eigenvalue weighted by molar-refractivity contribution is 5.99. The Morgan fingerprint density at radius 1 is 1.06 bits per heavy atom. The lowest BCUT2D eigenvalue weighted by atomic mass is 10.0. The van der Waals surface area contributed by atoms with Crippen LogP contribution in [0.5, 0.6) is 0 Å². The summed E-state index contributed by atoms with van der Waals surface area (Å²) >= 11 is 0. The number of halogens is 3. The van der Waals surface area contributed by atoms with Gasteiger partial charge in [0.05, 0.1) is 18.5 Å². The number of anilines is 2. The highest BCUT2D eigenvalue weighted by atomic mass is 19.4. The van der Waals surface area contributed by atoms with E-state index >= 15 is 0 Å². The average Bonchev–Trinajstić information content (AvgIpc) is 3.48. The van der Waals surface area contributed by atoms with Crippen LogP contribution in [0.15, 0.2) is 59.3 Å². The van der Waals surface area contributed by atoms with Gasteiger partial charge in [0.25, 0.3) is 5.91 Å². The molecule has 2 aromatic heterocycles. The van der Waals surface area contributed by atoms with Gasteiger partial charge in [0, 0.05) is 38.3 Å². The number of rotatable bonds is 3. The molecule has 4 heterocycles. The zero-order chi connectivity index (χ0) is 22.3. The number of nitrogens with one attached hydrogen (secondary N) is 1. The number of hydrogen-bond acceptors (Lipinski definition) is 5. The van der Waals surface area contributed by atoms with Crippen LogP contribution in [0.25, 0.3) is 0 Å². The van der Waals surface area contributed by atoms with E-state index in [1.54, 1.807) is 17.0 Å². The second kappa shape index (κ2) is 7.92. The van der Waals surface area contributed by atoms with Crippen LogP contribution in [-0.2, 0) is 0 Å². The Bertz CT molecular complexity index is 1070. The molecule has 0 spiro atoms. The molecule has 1 amide bonds. The van der Waals surface area contributed by atoms with E-state index in [0.717, 1.165) is 10.4 Å². The van der Waals surface area contributed by atoms with Crippen LogP contribution in [-0.4, -0.2) is 52.9 Å². The molecule has 1 fully saturated rings. The van der Waals surface area contributed by atoms with Crippen molar-refractivity contribution in [3.63, 3.8) is 0 Å². The molecule has 1 N–H and O–H groups in total. The minimum Gasteiger partial charge on any atom is -0.467 e. The van der Waals surface area contributed by atoms with Crippen LogP contribution in [0.1, 0.15) is 34.6 Å². The fourth-order valence-corrected chi connectivity index (χ4v) is 4.37. The molecule has 2 aliphatic heterocycles. The number of fused-ring (bicyclic) bond motifs is 1. The first kappa shape index (κ1) is 20.5. The van der Waals surface area contributed by atoms with E-state index in [1.165, 1.54) is 12.5 Å². The second-order valence-electron chi connectivity index (χ2n) is 7.97. The van der Waals surface area contributed by atoms with Gasteiger partial charge in [0.1, 0.15) is 17.1 Å². The molecule has 0 saturated carbocycles. The lowest BCUT2D eigenvalue weighted by Crippen LogP contribution is -2.49. The van der Waals surface area contributed by atoms with Gasteiger partial charge in [-0.3, -0.25) is 4.79 Å². The lowest BCUT2D eigenvalue weighted by molar-refractivity contribution is -0.174. The predicted octanol–water partition coefficient (Wildman–Crippen LogP) is 4.10. The summed E-state index contributed by atoms with van der Waals surface area (Å²) < 4.78 is 47.6. The first-order valence-corrected chi connectivity index (χ1v) is 10.5. The first-order valence-electron chi connectivity index (χ1n) is 10.5. The third kappa shape index (κ3) is 3.69. The van der Waals surface area contributed by atoms with Gasteiger partial charge >= 0.3 is 6.18 Å². The molecule has 168 valence electrons. The van der Waals surface area contributed by atoms with Gasteiger partial charge in [0.15, 0.2) is 6.04 Å². The normalized spacial score (nSPS) is 21.2. The Morgan fingerprint density at radius 2 is 1.81 bits per heavy atom. The Balaban J connectivity index is 1.38. The van der Waals surface area contributed by atoms with Crippen molar-refractivity contribution in [3.8, 4) is 0 Å². The first-order chi connectivity index (χ1) is 15.4. The number of amides is 1.